The average molecular weight is 436 g/mol. The molecule has 0 atom stereocenters. The molecule has 0 aromatic heterocycles. The van der Waals surface area contributed by atoms with Crippen LogP contribution in [0.3, 0.4) is 0 Å². The molecule has 1 heterocycles. The zero-order chi connectivity index (χ0) is 23.5. The molecule has 0 radical (unpaired) electrons. The van der Waals surface area contributed by atoms with Gasteiger partial charge in [-0.3, -0.25) is 20.2 Å². The second-order valence-electron chi connectivity index (χ2n) is 6.76. The molecular formula is C19H20N2O10. The van der Waals surface area contributed by atoms with E-state index in [9.17, 15) is 25.3 Å². The van der Waals surface area contributed by atoms with Crippen molar-refractivity contribution in [1.82, 2.24) is 0 Å². The van der Waals surface area contributed by atoms with E-state index in [-0.39, 0.29) is 34.4 Å². The lowest BCUT2D eigenvalue weighted by atomic mass is 10.0. The van der Waals surface area contributed by atoms with Crippen molar-refractivity contribution in [2.45, 2.75) is 19.4 Å². The van der Waals surface area contributed by atoms with Crippen molar-refractivity contribution in [2.24, 2.45) is 0 Å². The van der Waals surface area contributed by atoms with Crippen molar-refractivity contribution in [3.8, 4) is 34.5 Å². The Morgan fingerprint density at radius 3 is 2.00 bits per heavy atom. The van der Waals surface area contributed by atoms with Crippen LogP contribution < -0.4 is 14.2 Å². The highest BCUT2D eigenvalue weighted by molar-refractivity contribution is 5.75. The van der Waals surface area contributed by atoms with Gasteiger partial charge in [0.05, 0.1) is 41.8 Å². The quantitative estimate of drug-likeness (QED) is 0.475. The van der Waals surface area contributed by atoms with Gasteiger partial charge in [-0.15, -0.1) is 0 Å². The maximum absolute atomic E-state index is 10.9. The fraction of sp³-hybridized carbons (Fsp3) is 0.263. The average Bonchev–Trinajstić information content (AvgIpc) is 2.66. The molecule has 3 rings (SSSR count). The Kier molecular flexibility index (Phi) is 6.44. The Hall–Kier alpha value is -4.22. The molecule has 166 valence electrons. The fourth-order valence-corrected chi connectivity index (χ4v) is 2.74. The molecule has 2 aromatic carbocycles. The third-order valence-corrected chi connectivity index (χ3v) is 4.10. The zero-order valence-corrected chi connectivity index (χ0v) is 17.0. The maximum Gasteiger partial charge on any atom is 0.318 e. The van der Waals surface area contributed by atoms with Gasteiger partial charge in [-0.2, -0.15) is 0 Å². The van der Waals surface area contributed by atoms with Crippen molar-refractivity contribution >= 4 is 17.5 Å². The van der Waals surface area contributed by atoms with Gasteiger partial charge in [0.2, 0.25) is 11.5 Å². The molecule has 31 heavy (non-hydrogen) atoms. The van der Waals surface area contributed by atoms with Gasteiger partial charge in [0, 0.05) is 6.07 Å². The summed E-state index contributed by atoms with van der Waals surface area (Å²) in [6.45, 7) is 3.64. The van der Waals surface area contributed by atoms with Gasteiger partial charge < -0.3 is 29.5 Å². The van der Waals surface area contributed by atoms with E-state index in [0.717, 1.165) is 12.1 Å². The number of phenolic OH excluding ortho intramolecular Hbond substituents is 3. The molecule has 12 nitrogen and oxygen atoms in total. The van der Waals surface area contributed by atoms with Crippen molar-refractivity contribution < 1.29 is 39.4 Å². The summed E-state index contributed by atoms with van der Waals surface area (Å²) in [5.41, 5.74) is -0.973. The monoisotopic (exact) mass is 436 g/mol. The van der Waals surface area contributed by atoms with E-state index in [1.165, 1.54) is 20.3 Å². The van der Waals surface area contributed by atoms with Gasteiger partial charge in [0.15, 0.2) is 11.5 Å². The van der Waals surface area contributed by atoms with Crippen molar-refractivity contribution in [2.75, 3.05) is 14.2 Å². The predicted octanol–water partition coefficient (Wildman–Crippen LogP) is 3.51. The molecule has 0 bridgehead atoms. The lowest BCUT2D eigenvalue weighted by molar-refractivity contribution is -0.386. The molecule has 0 unspecified atom stereocenters. The third-order valence-electron chi connectivity index (χ3n) is 4.10. The van der Waals surface area contributed by atoms with Crippen molar-refractivity contribution in [1.29, 1.82) is 0 Å². The summed E-state index contributed by atoms with van der Waals surface area (Å²) >= 11 is 0. The number of phenols is 3. The molecule has 0 fully saturated rings. The van der Waals surface area contributed by atoms with E-state index in [1.807, 2.05) is 13.8 Å². The Balaban J connectivity index is 0.000000233. The van der Waals surface area contributed by atoms with E-state index in [4.69, 9.17) is 19.7 Å². The highest BCUT2D eigenvalue weighted by atomic mass is 16.6. The maximum atomic E-state index is 10.9. The number of hydrogen-bond donors (Lipinski definition) is 3. The first-order valence-corrected chi connectivity index (χ1v) is 8.62. The number of benzene rings is 2. The zero-order valence-electron chi connectivity index (χ0n) is 17.0. The number of nitro benzene ring substituents is 2. The first-order valence-electron chi connectivity index (χ1n) is 8.62. The minimum Gasteiger partial charge on any atom is -0.508 e. The van der Waals surface area contributed by atoms with E-state index in [0.29, 0.717) is 5.56 Å². The topological polar surface area (TPSA) is 175 Å². The smallest absolute Gasteiger partial charge is 0.318 e. The number of hydrogen-bond acceptors (Lipinski definition) is 10. The number of methoxy groups -OCH3 is 2. The van der Waals surface area contributed by atoms with Crippen LogP contribution >= 0.6 is 0 Å². The molecule has 3 N–H and O–H groups in total. The summed E-state index contributed by atoms with van der Waals surface area (Å²) in [6, 6.07) is 3.13. The van der Waals surface area contributed by atoms with Gasteiger partial charge in [0.1, 0.15) is 17.1 Å². The summed E-state index contributed by atoms with van der Waals surface area (Å²) in [5.74, 6) is -1.28. The van der Waals surface area contributed by atoms with Gasteiger partial charge in [-0.05, 0) is 26.0 Å². The second kappa shape index (κ2) is 8.65. The number of rotatable bonds is 4. The van der Waals surface area contributed by atoms with Crippen LogP contribution in [0, 0.1) is 20.2 Å². The summed E-state index contributed by atoms with van der Waals surface area (Å²) < 4.78 is 15.0. The standard InChI is InChI=1S/C12H13NO5.C7H7NO5/c1-12(2)5-4-7-9(18-12)6-8(13(15)16)11(17-3)10(7)14;1-13-7-5(8(11)12)2-4(9)3-6(7)10/h4-6,14H,1-3H3;2-3,9-10H,1H3. The van der Waals surface area contributed by atoms with E-state index < -0.39 is 26.9 Å². The molecule has 0 saturated heterocycles. The lowest BCUT2D eigenvalue weighted by Gasteiger charge is -2.28. The minimum absolute atomic E-state index is 0.160. The van der Waals surface area contributed by atoms with Crippen molar-refractivity contribution in [3.63, 3.8) is 0 Å². The van der Waals surface area contributed by atoms with Crippen LogP contribution in [0.4, 0.5) is 11.4 Å². The Bertz CT molecular complexity index is 1060. The van der Waals surface area contributed by atoms with Crippen LogP contribution in [0.1, 0.15) is 19.4 Å². The van der Waals surface area contributed by atoms with Crippen LogP contribution in [0.25, 0.3) is 6.08 Å². The molecule has 0 saturated carbocycles. The van der Waals surface area contributed by atoms with E-state index in [2.05, 4.69) is 4.74 Å². The first kappa shape index (κ1) is 23.1. The molecule has 0 aliphatic carbocycles. The van der Waals surface area contributed by atoms with Gasteiger partial charge in [-0.25, -0.2) is 0 Å². The number of nitrogens with zero attached hydrogens (tertiary/aromatic N) is 2. The molecule has 1 aliphatic rings. The van der Waals surface area contributed by atoms with Crippen LogP contribution in [-0.4, -0.2) is 45.0 Å². The lowest BCUT2D eigenvalue weighted by Crippen LogP contribution is -2.27. The SMILES string of the molecule is COc1c(O)cc(O)cc1[N+](=O)[O-].COc1c([N+](=O)[O-])cc2c(c1O)C=CC(C)(C)O2. The van der Waals surface area contributed by atoms with Gasteiger partial charge >= 0.3 is 11.4 Å². The summed E-state index contributed by atoms with van der Waals surface area (Å²) in [5, 5.41) is 49.4. The Morgan fingerprint density at radius 1 is 0.935 bits per heavy atom. The number of nitro groups is 2. The predicted molar refractivity (Wildman–Crippen MR) is 108 cm³/mol. The highest BCUT2D eigenvalue weighted by Gasteiger charge is 2.30. The molecule has 2 aromatic rings. The molecule has 12 heteroatoms. The molecular weight excluding hydrogens is 416 g/mol. The Labute approximate surface area is 175 Å². The van der Waals surface area contributed by atoms with Crippen molar-refractivity contribution in [3.05, 3.63) is 50.1 Å². The summed E-state index contributed by atoms with van der Waals surface area (Å²) in [4.78, 5) is 19.9. The van der Waals surface area contributed by atoms with Gasteiger partial charge in [0.25, 0.3) is 0 Å². The Morgan fingerprint density at radius 2 is 1.48 bits per heavy atom. The largest absolute Gasteiger partial charge is 0.508 e. The second-order valence-corrected chi connectivity index (χ2v) is 6.76. The van der Waals surface area contributed by atoms with E-state index in [1.54, 1.807) is 12.2 Å². The first-order chi connectivity index (χ1) is 14.4. The number of aromatic hydroxyl groups is 3. The highest BCUT2D eigenvalue weighted by Crippen LogP contribution is 2.47. The van der Waals surface area contributed by atoms with Crippen LogP contribution in [0.2, 0.25) is 0 Å². The van der Waals surface area contributed by atoms with E-state index >= 15 is 0 Å². The molecule has 0 spiro atoms. The van der Waals surface area contributed by atoms with Gasteiger partial charge in [-0.1, -0.05) is 0 Å². The van der Waals surface area contributed by atoms with Crippen LogP contribution in [0.15, 0.2) is 24.3 Å². The minimum atomic E-state index is -0.752. The molecule has 1 aliphatic heterocycles. The van der Waals surface area contributed by atoms with Crippen LogP contribution in [-0.2, 0) is 0 Å². The number of ether oxygens (including phenoxy) is 3. The number of fused-ring (bicyclic) bond motifs is 1. The van der Waals surface area contributed by atoms with Crippen LogP contribution in [0.5, 0.6) is 34.5 Å². The summed E-state index contributed by atoms with van der Waals surface area (Å²) in [6.07, 6.45) is 3.43. The third kappa shape index (κ3) is 4.86. The summed E-state index contributed by atoms with van der Waals surface area (Å²) in [7, 11) is 2.46. The normalized spacial score (nSPS) is 13.2. The molecule has 0 amide bonds. The fourth-order valence-electron chi connectivity index (χ4n) is 2.74.